The smallest absolute Gasteiger partial charge is 0.317 e. The fourth-order valence-electron chi connectivity index (χ4n) is 2.15. The Morgan fingerprint density at radius 3 is 2.83 bits per heavy atom. The third kappa shape index (κ3) is 5.21. The van der Waals surface area contributed by atoms with Crippen LogP contribution < -0.4 is 5.32 Å². The molecule has 0 saturated carbocycles. The van der Waals surface area contributed by atoms with E-state index < -0.39 is 5.97 Å². The number of nitrogens with zero attached hydrogens (tertiary/aromatic N) is 1. The number of carbonyl (C=O) groups excluding carboxylic acids is 1. The Hall–Kier alpha value is -1.52. The van der Waals surface area contributed by atoms with Gasteiger partial charge in [-0.15, -0.1) is 0 Å². The van der Waals surface area contributed by atoms with Gasteiger partial charge in [-0.25, -0.2) is 4.79 Å². The third-order valence-corrected chi connectivity index (χ3v) is 3.11. The van der Waals surface area contributed by atoms with Crippen molar-refractivity contribution in [3.05, 3.63) is 12.2 Å². The summed E-state index contributed by atoms with van der Waals surface area (Å²) in [5.74, 6) is -0.454. The van der Waals surface area contributed by atoms with Crippen molar-refractivity contribution in [3.63, 3.8) is 0 Å². The van der Waals surface area contributed by atoms with E-state index in [1.807, 2.05) is 6.92 Å². The van der Waals surface area contributed by atoms with Gasteiger partial charge in [0.05, 0.1) is 0 Å². The zero-order valence-electron chi connectivity index (χ0n) is 10.9. The largest absolute Gasteiger partial charge is 0.481 e. The zero-order chi connectivity index (χ0) is 13.5. The number of hydrogen-bond donors (Lipinski definition) is 2. The van der Waals surface area contributed by atoms with Crippen LogP contribution in [0.3, 0.4) is 0 Å². The molecular weight excluding hydrogens is 232 g/mol. The third-order valence-electron chi connectivity index (χ3n) is 3.11. The maximum atomic E-state index is 11.8. The van der Waals surface area contributed by atoms with Gasteiger partial charge in [0.2, 0.25) is 0 Å². The molecule has 0 bridgehead atoms. The van der Waals surface area contributed by atoms with Gasteiger partial charge in [0.1, 0.15) is 0 Å². The Balaban J connectivity index is 2.35. The summed E-state index contributed by atoms with van der Waals surface area (Å²) in [7, 11) is 0. The number of aliphatic carboxylic acids is 1. The molecule has 5 heteroatoms. The van der Waals surface area contributed by atoms with Gasteiger partial charge in [-0.05, 0) is 32.1 Å². The Labute approximate surface area is 108 Å². The minimum Gasteiger partial charge on any atom is -0.481 e. The number of hydrogen-bond acceptors (Lipinski definition) is 2. The molecule has 1 rings (SSSR count). The first-order valence-electron chi connectivity index (χ1n) is 6.38. The van der Waals surface area contributed by atoms with Crippen LogP contribution in [-0.4, -0.2) is 41.6 Å². The molecule has 1 saturated heterocycles. The van der Waals surface area contributed by atoms with Gasteiger partial charge in [0, 0.05) is 26.1 Å². The van der Waals surface area contributed by atoms with Crippen LogP contribution in [0, 0.1) is 5.92 Å². The zero-order valence-corrected chi connectivity index (χ0v) is 10.9. The molecule has 0 radical (unpaired) electrons. The second-order valence-electron chi connectivity index (χ2n) is 5.00. The second kappa shape index (κ2) is 7.03. The molecule has 0 aromatic heterocycles. The molecule has 1 aliphatic rings. The lowest BCUT2D eigenvalue weighted by Crippen LogP contribution is -2.45. The maximum Gasteiger partial charge on any atom is 0.317 e. The lowest BCUT2D eigenvalue weighted by atomic mass is 9.93. The molecule has 0 aliphatic carbocycles. The fraction of sp³-hybridized carbons (Fsp3) is 0.692. The lowest BCUT2D eigenvalue weighted by molar-refractivity contribution is -0.137. The first-order chi connectivity index (χ1) is 8.49. The highest BCUT2D eigenvalue weighted by molar-refractivity contribution is 5.74. The quantitative estimate of drug-likeness (QED) is 0.736. The summed E-state index contributed by atoms with van der Waals surface area (Å²) in [6.45, 7) is 7.52. The van der Waals surface area contributed by atoms with Crippen molar-refractivity contribution in [2.75, 3.05) is 19.6 Å². The molecule has 0 aromatic rings. The topological polar surface area (TPSA) is 69.6 Å². The highest BCUT2D eigenvalue weighted by atomic mass is 16.4. The summed E-state index contributed by atoms with van der Waals surface area (Å²) < 4.78 is 0. The molecule has 18 heavy (non-hydrogen) atoms. The van der Waals surface area contributed by atoms with E-state index in [0.29, 0.717) is 25.4 Å². The van der Waals surface area contributed by atoms with Crippen molar-refractivity contribution in [2.45, 2.75) is 32.6 Å². The standard InChI is InChI=1S/C13H22N2O3/c1-10(2)8-14-13(18)15-7-3-4-11(9-15)5-6-12(16)17/h11H,1,3-9H2,2H3,(H,14,18)(H,16,17). The van der Waals surface area contributed by atoms with Crippen LogP contribution >= 0.6 is 0 Å². The first kappa shape index (κ1) is 14.5. The minimum absolute atomic E-state index is 0.0713. The predicted molar refractivity (Wildman–Crippen MR) is 69.4 cm³/mol. The van der Waals surface area contributed by atoms with E-state index in [9.17, 15) is 9.59 Å². The van der Waals surface area contributed by atoms with Crippen molar-refractivity contribution in [2.24, 2.45) is 5.92 Å². The SMILES string of the molecule is C=C(C)CNC(=O)N1CCCC(CCC(=O)O)C1. The van der Waals surface area contributed by atoms with Crippen LogP contribution in [0.5, 0.6) is 0 Å². The minimum atomic E-state index is -0.765. The van der Waals surface area contributed by atoms with Gasteiger partial charge in [-0.1, -0.05) is 12.2 Å². The second-order valence-corrected chi connectivity index (χ2v) is 5.00. The highest BCUT2D eigenvalue weighted by Gasteiger charge is 2.23. The van der Waals surface area contributed by atoms with Gasteiger partial charge in [-0.3, -0.25) is 4.79 Å². The number of rotatable bonds is 5. The van der Waals surface area contributed by atoms with Crippen molar-refractivity contribution in [3.8, 4) is 0 Å². The van der Waals surface area contributed by atoms with Gasteiger partial charge < -0.3 is 15.3 Å². The summed E-state index contributed by atoms with van der Waals surface area (Å²) >= 11 is 0. The van der Waals surface area contributed by atoms with E-state index in [0.717, 1.165) is 25.0 Å². The Morgan fingerprint density at radius 1 is 1.50 bits per heavy atom. The first-order valence-corrected chi connectivity index (χ1v) is 6.38. The van der Waals surface area contributed by atoms with Gasteiger partial charge >= 0.3 is 12.0 Å². The molecule has 1 unspecified atom stereocenters. The van der Waals surface area contributed by atoms with E-state index in [2.05, 4.69) is 11.9 Å². The Morgan fingerprint density at radius 2 is 2.22 bits per heavy atom. The number of carboxylic acid groups (broad SMARTS) is 1. The number of nitrogens with one attached hydrogen (secondary N) is 1. The van der Waals surface area contributed by atoms with Crippen molar-refractivity contribution in [1.82, 2.24) is 10.2 Å². The molecule has 0 spiro atoms. The van der Waals surface area contributed by atoms with Crippen LogP contribution in [0.1, 0.15) is 32.6 Å². The van der Waals surface area contributed by atoms with E-state index >= 15 is 0 Å². The van der Waals surface area contributed by atoms with Crippen molar-refractivity contribution in [1.29, 1.82) is 0 Å². The van der Waals surface area contributed by atoms with Crippen LogP contribution in [0.25, 0.3) is 0 Å². The molecule has 0 aromatic carbocycles. The number of carbonyl (C=O) groups is 2. The van der Waals surface area contributed by atoms with Crippen LogP contribution in [0.15, 0.2) is 12.2 Å². The number of piperidine rings is 1. The molecule has 1 fully saturated rings. The van der Waals surface area contributed by atoms with Crippen molar-refractivity contribution < 1.29 is 14.7 Å². The summed E-state index contributed by atoms with van der Waals surface area (Å²) in [4.78, 5) is 24.2. The lowest BCUT2D eigenvalue weighted by Gasteiger charge is -2.32. The summed E-state index contributed by atoms with van der Waals surface area (Å²) in [6, 6.07) is -0.0713. The Kier molecular flexibility index (Phi) is 5.68. The normalized spacial score (nSPS) is 19.4. The summed E-state index contributed by atoms with van der Waals surface area (Å²) in [6.07, 6.45) is 2.80. The van der Waals surface area contributed by atoms with E-state index in [-0.39, 0.29) is 12.5 Å². The molecule has 102 valence electrons. The number of amides is 2. The van der Waals surface area contributed by atoms with E-state index in [1.54, 1.807) is 4.90 Å². The number of carboxylic acids is 1. The van der Waals surface area contributed by atoms with Crippen LogP contribution in [0.4, 0.5) is 4.79 Å². The van der Waals surface area contributed by atoms with E-state index in [1.165, 1.54) is 0 Å². The highest BCUT2D eigenvalue weighted by Crippen LogP contribution is 2.20. The summed E-state index contributed by atoms with van der Waals surface area (Å²) in [5.41, 5.74) is 0.919. The average molecular weight is 254 g/mol. The Bertz CT molecular complexity index is 328. The molecule has 1 atom stereocenters. The predicted octanol–water partition coefficient (Wildman–Crippen LogP) is 1.85. The van der Waals surface area contributed by atoms with Gasteiger partial charge in [0.15, 0.2) is 0 Å². The maximum absolute atomic E-state index is 11.8. The molecule has 1 heterocycles. The molecule has 2 N–H and O–H groups in total. The number of urea groups is 1. The molecular formula is C13H22N2O3. The summed E-state index contributed by atoms with van der Waals surface area (Å²) in [5, 5.41) is 11.5. The fourth-order valence-corrected chi connectivity index (χ4v) is 2.15. The van der Waals surface area contributed by atoms with Gasteiger partial charge in [-0.2, -0.15) is 0 Å². The molecule has 1 aliphatic heterocycles. The van der Waals surface area contributed by atoms with Crippen molar-refractivity contribution >= 4 is 12.0 Å². The molecule has 5 nitrogen and oxygen atoms in total. The molecule has 2 amide bonds. The van der Waals surface area contributed by atoms with E-state index in [4.69, 9.17) is 5.11 Å². The number of likely N-dealkylation sites (tertiary alicyclic amines) is 1. The van der Waals surface area contributed by atoms with Crippen LogP contribution in [-0.2, 0) is 4.79 Å². The monoisotopic (exact) mass is 254 g/mol. The van der Waals surface area contributed by atoms with Crippen LogP contribution in [0.2, 0.25) is 0 Å². The van der Waals surface area contributed by atoms with Gasteiger partial charge in [0.25, 0.3) is 0 Å². The average Bonchev–Trinajstić information content (AvgIpc) is 2.33.